The maximum Gasteiger partial charge on any atom is 0.0354 e. The van der Waals surface area contributed by atoms with Crippen LogP contribution in [0.2, 0.25) is 0 Å². The van der Waals surface area contributed by atoms with Crippen molar-refractivity contribution in [2.45, 2.75) is 45.2 Å². The molecule has 1 aromatic rings. The van der Waals surface area contributed by atoms with E-state index in [1.165, 1.54) is 56.6 Å². The molecule has 1 aromatic carbocycles. The maximum atomic E-state index is 5.91. The van der Waals surface area contributed by atoms with E-state index in [0.29, 0.717) is 6.04 Å². The molecular weight excluding hydrogens is 246 g/mol. The first-order chi connectivity index (χ1) is 9.72. The predicted molar refractivity (Wildman–Crippen MR) is 84.8 cm³/mol. The standard InChI is InChI=1S/C17H27N3/c1-3-19(4-2)15-9-10-20(12-15)17-8-5-13-11-14(18)6-7-16(13)17/h6-7,11,15,17H,3-5,8-10,12,18H2,1-2H3. The van der Waals surface area contributed by atoms with Crippen LogP contribution in [0.5, 0.6) is 0 Å². The summed E-state index contributed by atoms with van der Waals surface area (Å²) in [5.41, 5.74) is 9.82. The van der Waals surface area contributed by atoms with E-state index < -0.39 is 0 Å². The smallest absolute Gasteiger partial charge is 0.0354 e. The first-order valence-corrected chi connectivity index (χ1v) is 8.09. The van der Waals surface area contributed by atoms with Gasteiger partial charge in [-0.3, -0.25) is 9.80 Å². The molecule has 2 atom stereocenters. The third-order valence-corrected chi connectivity index (χ3v) is 5.18. The zero-order valence-electron chi connectivity index (χ0n) is 12.8. The highest BCUT2D eigenvalue weighted by atomic mass is 15.3. The number of fused-ring (bicyclic) bond motifs is 1. The number of likely N-dealkylation sites (N-methyl/N-ethyl adjacent to an activating group) is 1. The largest absolute Gasteiger partial charge is 0.399 e. The third kappa shape index (κ3) is 2.45. The van der Waals surface area contributed by atoms with Crippen molar-refractivity contribution in [1.29, 1.82) is 0 Å². The summed E-state index contributed by atoms with van der Waals surface area (Å²) in [6, 6.07) is 7.88. The minimum atomic E-state index is 0.631. The van der Waals surface area contributed by atoms with Gasteiger partial charge in [-0.15, -0.1) is 0 Å². The zero-order valence-corrected chi connectivity index (χ0v) is 12.8. The van der Waals surface area contributed by atoms with Gasteiger partial charge in [0, 0.05) is 30.9 Å². The van der Waals surface area contributed by atoms with E-state index in [0.717, 1.165) is 11.7 Å². The Morgan fingerprint density at radius 1 is 1.25 bits per heavy atom. The molecule has 1 aliphatic heterocycles. The molecule has 3 rings (SSSR count). The fraction of sp³-hybridized carbons (Fsp3) is 0.647. The van der Waals surface area contributed by atoms with Crippen LogP contribution in [0.25, 0.3) is 0 Å². The molecule has 0 saturated carbocycles. The number of likely N-dealkylation sites (tertiary alicyclic amines) is 1. The third-order valence-electron chi connectivity index (χ3n) is 5.18. The number of rotatable bonds is 4. The summed E-state index contributed by atoms with van der Waals surface area (Å²) >= 11 is 0. The quantitative estimate of drug-likeness (QED) is 0.856. The van der Waals surface area contributed by atoms with Crippen LogP contribution < -0.4 is 5.73 Å². The van der Waals surface area contributed by atoms with Gasteiger partial charge < -0.3 is 5.73 Å². The molecule has 1 heterocycles. The number of nitrogen functional groups attached to an aromatic ring is 1. The Kier molecular flexibility index (Phi) is 3.99. The summed E-state index contributed by atoms with van der Waals surface area (Å²) in [6.07, 6.45) is 3.78. The molecule has 0 aromatic heterocycles. The van der Waals surface area contributed by atoms with Crippen LogP contribution in [0.3, 0.4) is 0 Å². The molecule has 1 aliphatic carbocycles. The van der Waals surface area contributed by atoms with Gasteiger partial charge >= 0.3 is 0 Å². The molecule has 0 radical (unpaired) electrons. The van der Waals surface area contributed by atoms with Crippen LogP contribution in [0.15, 0.2) is 18.2 Å². The number of hydrogen-bond acceptors (Lipinski definition) is 3. The molecule has 0 bridgehead atoms. The Balaban J connectivity index is 1.71. The number of nitrogens with two attached hydrogens (primary N) is 1. The second kappa shape index (κ2) is 5.74. The molecule has 3 heteroatoms. The molecule has 20 heavy (non-hydrogen) atoms. The molecule has 1 saturated heterocycles. The first kappa shape index (κ1) is 13.9. The van der Waals surface area contributed by atoms with E-state index in [2.05, 4.69) is 41.8 Å². The minimum absolute atomic E-state index is 0.631. The molecule has 0 spiro atoms. The van der Waals surface area contributed by atoms with E-state index in [-0.39, 0.29) is 0 Å². The molecular formula is C17H27N3. The average molecular weight is 273 g/mol. The average Bonchev–Trinajstić information content (AvgIpc) is 3.06. The molecule has 0 amide bonds. The highest BCUT2D eigenvalue weighted by Crippen LogP contribution is 2.38. The number of aryl methyl sites for hydroxylation is 1. The van der Waals surface area contributed by atoms with Crippen molar-refractivity contribution in [1.82, 2.24) is 9.80 Å². The van der Waals surface area contributed by atoms with Gasteiger partial charge in [0.1, 0.15) is 0 Å². The predicted octanol–water partition coefficient (Wildman–Crippen LogP) is 2.67. The summed E-state index contributed by atoms with van der Waals surface area (Å²) in [5, 5.41) is 0. The summed E-state index contributed by atoms with van der Waals surface area (Å²) in [6.45, 7) is 9.38. The molecule has 2 N–H and O–H groups in total. The van der Waals surface area contributed by atoms with Crippen LogP contribution >= 0.6 is 0 Å². The van der Waals surface area contributed by atoms with Gasteiger partial charge in [0.15, 0.2) is 0 Å². The van der Waals surface area contributed by atoms with Crippen LogP contribution in [0.1, 0.15) is 43.9 Å². The zero-order chi connectivity index (χ0) is 14.1. The highest BCUT2D eigenvalue weighted by molar-refractivity contribution is 5.47. The second-order valence-electron chi connectivity index (χ2n) is 6.17. The van der Waals surface area contributed by atoms with Crippen molar-refractivity contribution in [2.75, 3.05) is 31.9 Å². The fourth-order valence-corrected chi connectivity index (χ4v) is 4.08. The number of benzene rings is 1. The highest BCUT2D eigenvalue weighted by Gasteiger charge is 2.34. The lowest BCUT2D eigenvalue weighted by Gasteiger charge is -2.28. The van der Waals surface area contributed by atoms with Crippen LogP contribution in [0, 0.1) is 0 Å². The molecule has 1 fully saturated rings. The van der Waals surface area contributed by atoms with Gasteiger partial charge in [0.05, 0.1) is 0 Å². The Labute approximate surface area is 122 Å². The van der Waals surface area contributed by atoms with E-state index in [4.69, 9.17) is 5.73 Å². The van der Waals surface area contributed by atoms with Gasteiger partial charge in [-0.05, 0) is 55.6 Å². The normalized spacial score (nSPS) is 26.4. The lowest BCUT2D eigenvalue weighted by atomic mass is 10.1. The van der Waals surface area contributed by atoms with Gasteiger partial charge in [-0.2, -0.15) is 0 Å². The first-order valence-electron chi connectivity index (χ1n) is 8.09. The van der Waals surface area contributed by atoms with Crippen molar-refractivity contribution < 1.29 is 0 Å². The fourth-order valence-electron chi connectivity index (χ4n) is 4.08. The Bertz CT molecular complexity index is 467. The van der Waals surface area contributed by atoms with Crippen molar-refractivity contribution in [3.8, 4) is 0 Å². The summed E-state index contributed by atoms with van der Waals surface area (Å²) in [7, 11) is 0. The summed E-state index contributed by atoms with van der Waals surface area (Å²) in [5.74, 6) is 0. The Hall–Kier alpha value is -1.06. The Morgan fingerprint density at radius 2 is 2.05 bits per heavy atom. The van der Waals surface area contributed by atoms with E-state index in [9.17, 15) is 0 Å². The number of nitrogens with zero attached hydrogens (tertiary/aromatic N) is 2. The van der Waals surface area contributed by atoms with E-state index in [1.807, 2.05) is 0 Å². The maximum absolute atomic E-state index is 5.91. The van der Waals surface area contributed by atoms with Crippen molar-refractivity contribution >= 4 is 5.69 Å². The second-order valence-corrected chi connectivity index (χ2v) is 6.17. The number of hydrogen-bond donors (Lipinski definition) is 1. The van der Waals surface area contributed by atoms with Crippen LogP contribution in [0.4, 0.5) is 5.69 Å². The number of anilines is 1. The molecule has 110 valence electrons. The topological polar surface area (TPSA) is 32.5 Å². The van der Waals surface area contributed by atoms with Crippen molar-refractivity contribution in [3.05, 3.63) is 29.3 Å². The van der Waals surface area contributed by atoms with E-state index in [1.54, 1.807) is 0 Å². The van der Waals surface area contributed by atoms with Gasteiger partial charge in [-0.1, -0.05) is 19.9 Å². The van der Waals surface area contributed by atoms with Crippen molar-refractivity contribution in [3.63, 3.8) is 0 Å². The molecule has 2 aliphatic rings. The molecule has 3 nitrogen and oxygen atoms in total. The minimum Gasteiger partial charge on any atom is -0.399 e. The van der Waals surface area contributed by atoms with E-state index >= 15 is 0 Å². The lowest BCUT2D eigenvalue weighted by Crippen LogP contribution is -2.37. The monoisotopic (exact) mass is 273 g/mol. The summed E-state index contributed by atoms with van der Waals surface area (Å²) in [4.78, 5) is 5.31. The van der Waals surface area contributed by atoms with Gasteiger partial charge in [0.2, 0.25) is 0 Å². The van der Waals surface area contributed by atoms with Crippen LogP contribution in [-0.2, 0) is 6.42 Å². The summed E-state index contributed by atoms with van der Waals surface area (Å²) < 4.78 is 0. The van der Waals surface area contributed by atoms with Gasteiger partial charge in [0.25, 0.3) is 0 Å². The van der Waals surface area contributed by atoms with Gasteiger partial charge in [-0.25, -0.2) is 0 Å². The Morgan fingerprint density at radius 3 is 2.80 bits per heavy atom. The van der Waals surface area contributed by atoms with Crippen LogP contribution in [-0.4, -0.2) is 42.0 Å². The molecule has 2 unspecified atom stereocenters. The SMILES string of the molecule is CCN(CC)C1CCN(C2CCc3cc(N)ccc32)C1. The van der Waals surface area contributed by atoms with Crippen molar-refractivity contribution in [2.24, 2.45) is 0 Å². The lowest BCUT2D eigenvalue weighted by molar-refractivity contribution is 0.187.